The van der Waals surface area contributed by atoms with Crippen molar-refractivity contribution in [1.29, 1.82) is 0 Å². The van der Waals surface area contributed by atoms with E-state index in [-0.39, 0.29) is 18.4 Å². The molecular formula is C19H20N2O3. The van der Waals surface area contributed by atoms with E-state index in [0.717, 1.165) is 28.1 Å². The van der Waals surface area contributed by atoms with Gasteiger partial charge in [-0.05, 0) is 55.2 Å². The average molecular weight is 324 g/mol. The van der Waals surface area contributed by atoms with Crippen molar-refractivity contribution in [3.8, 4) is 5.75 Å². The first-order chi connectivity index (χ1) is 11.5. The van der Waals surface area contributed by atoms with Gasteiger partial charge in [-0.2, -0.15) is 0 Å². The van der Waals surface area contributed by atoms with E-state index in [1.54, 1.807) is 6.07 Å². The van der Waals surface area contributed by atoms with Crippen LogP contribution in [0.2, 0.25) is 0 Å². The highest BCUT2D eigenvalue weighted by Crippen LogP contribution is 2.27. The van der Waals surface area contributed by atoms with Crippen LogP contribution in [0.5, 0.6) is 5.75 Å². The number of aryl methyl sites for hydroxylation is 3. The van der Waals surface area contributed by atoms with Crippen molar-refractivity contribution in [2.24, 2.45) is 0 Å². The number of para-hydroxylation sites is 1. The first-order valence-electron chi connectivity index (χ1n) is 7.94. The van der Waals surface area contributed by atoms with Crippen molar-refractivity contribution in [3.05, 3.63) is 53.1 Å². The minimum absolute atomic E-state index is 0.0316. The molecule has 2 aromatic rings. The minimum Gasteiger partial charge on any atom is -0.484 e. The molecule has 1 aliphatic rings. The smallest absolute Gasteiger partial charge is 0.262 e. The van der Waals surface area contributed by atoms with Gasteiger partial charge in [0.15, 0.2) is 6.61 Å². The number of nitrogens with one attached hydrogen (secondary N) is 2. The fourth-order valence-electron chi connectivity index (χ4n) is 2.79. The Morgan fingerprint density at radius 3 is 2.67 bits per heavy atom. The van der Waals surface area contributed by atoms with E-state index in [0.29, 0.717) is 18.6 Å². The van der Waals surface area contributed by atoms with Crippen LogP contribution < -0.4 is 15.4 Å². The quantitative estimate of drug-likeness (QED) is 0.907. The summed E-state index contributed by atoms with van der Waals surface area (Å²) in [7, 11) is 0. The molecule has 5 heteroatoms. The van der Waals surface area contributed by atoms with Crippen molar-refractivity contribution < 1.29 is 14.3 Å². The summed E-state index contributed by atoms with van der Waals surface area (Å²) in [5.41, 5.74) is 4.72. The van der Waals surface area contributed by atoms with E-state index in [1.807, 2.05) is 44.2 Å². The second-order valence-electron chi connectivity index (χ2n) is 5.97. The molecule has 0 fully saturated rings. The molecule has 0 saturated carbocycles. The maximum atomic E-state index is 12.1. The normalized spacial score (nSPS) is 13.0. The number of anilines is 2. The zero-order valence-electron chi connectivity index (χ0n) is 13.8. The number of amides is 2. The van der Waals surface area contributed by atoms with E-state index in [1.165, 1.54) is 0 Å². The van der Waals surface area contributed by atoms with E-state index in [9.17, 15) is 9.59 Å². The lowest BCUT2D eigenvalue weighted by molar-refractivity contribution is -0.118. The molecule has 0 radical (unpaired) electrons. The molecule has 124 valence electrons. The summed E-state index contributed by atoms with van der Waals surface area (Å²) in [4.78, 5) is 23.5. The van der Waals surface area contributed by atoms with Crippen LogP contribution in [0.25, 0.3) is 0 Å². The Morgan fingerprint density at radius 1 is 1.17 bits per heavy atom. The van der Waals surface area contributed by atoms with Gasteiger partial charge in [0, 0.05) is 17.8 Å². The largest absolute Gasteiger partial charge is 0.484 e. The third-order valence-corrected chi connectivity index (χ3v) is 4.09. The Kier molecular flexibility index (Phi) is 4.51. The van der Waals surface area contributed by atoms with Gasteiger partial charge in [0.25, 0.3) is 5.91 Å². The molecule has 2 aromatic carbocycles. The maximum absolute atomic E-state index is 12.1. The minimum atomic E-state index is -0.196. The van der Waals surface area contributed by atoms with E-state index in [4.69, 9.17) is 4.74 Å². The molecule has 24 heavy (non-hydrogen) atoms. The first kappa shape index (κ1) is 16.1. The number of rotatable bonds is 4. The number of hydrogen-bond donors (Lipinski definition) is 2. The SMILES string of the molecule is Cc1cccc(C)c1NC(=O)COc1ccc2c(c1)CCC(=O)N2. The lowest BCUT2D eigenvalue weighted by Gasteiger charge is -2.17. The van der Waals surface area contributed by atoms with Gasteiger partial charge in [-0.3, -0.25) is 9.59 Å². The second-order valence-corrected chi connectivity index (χ2v) is 5.97. The summed E-state index contributed by atoms with van der Waals surface area (Å²) in [6.07, 6.45) is 1.16. The van der Waals surface area contributed by atoms with Gasteiger partial charge in [0.05, 0.1) is 0 Å². The van der Waals surface area contributed by atoms with Crippen molar-refractivity contribution in [2.45, 2.75) is 26.7 Å². The van der Waals surface area contributed by atoms with Gasteiger partial charge in [-0.25, -0.2) is 0 Å². The van der Waals surface area contributed by atoms with E-state index < -0.39 is 0 Å². The predicted molar refractivity (Wildman–Crippen MR) is 93.4 cm³/mol. The van der Waals surface area contributed by atoms with Crippen LogP contribution in [0.4, 0.5) is 11.4 Å². The zero-order valence-corrected chi connectivity index (χ0v) is 13.8. The number of carbonyl (C=O) groups excluding carboxylic acids is 2. The summed E-state index contributed by atoms with van der Waals surface area (Å²) in [6, 6.07) is 11.3. The highest BCUT2D eigenvalue weighted by molar-refractivity contribution is 5.94. The third-order valence-electron chi connectivity index (χ3n) is 4.09. The molecule has 0 saturated heterocycles. The molecule has 2 amide bonds. The predicted octanol–water partition coefficient (Wildman–Crippen LogP) is 3.21. The molecule has 2 N–H and O–H groups in total. The van der Waals surface area contributed by atoms with Crippen molar-refractivity contribution in [1.82, 2.24) is 0 Å². The number of hydrogen-bond acceptors (Lipinski definition) is 3. The second kappa shape index (κ2) is 6.74. The fourth-order valence-corrected chi connectivity index (χ4v) is 2.79. The Hall–Kier alpha value is -2.82. The molecular weight excluding hydrogens is 304 g/mol. The summed E-state index contributed by atoms with van der Waals surface area (Å²) < 4.78 is 5.59. The molecule has 0 atom stereocenters. The number of ether oxygens (including phenoxy) is 1. The Morgan fingerprint density at radius 2 is 1.92 bits per heavy atom. The lowest BCUT2D eigenvalue weighted by atomic mass is 10.0. The fraction of sp³-hybridized carbons (Fsp3) is 0.263. The van der Waals surface area contributed by atoms with Gasteiger partial charge in [-0.1, -0.05) is 18.2 Å². The molecule has 1 aliphatic heterocycles. The number of benzene rings is 2. The molecule has 0 aromatic heterocycles. The number of fused-ring (bicyclic) bond motifs is 1. The van der Waals surface area contributed by atoms with Crippen LogP contribution in [0.1, 0.15) is 23.1 Å². The summed E-state index contributed by atoms with van der Waals surface area (Å²) >= 11 is 0. The third kappa shape index (κ3) is 3.56. The van der Waals surface area contributed by atoms with Crippen LogP contribution >= 0.6 is 0 Å². The Bertz CT molecular complexity index is 779. The van der Waals surface area contributed by atoms with Crippen molar-refractivity contribution >= 4 is 23.2 Å². The van der Waals surface area contributed by atoms with E-state index in [2.05, 4.69) is 10.6 Å². The maximum Gasteiger partial charge on any atom is 0.262 e. The van der Waals surface area contributed by atoms with Crippen LogP contribution in [0.3, 0.4) is 0 Å². The highest BCUT2D eigenvalue weighted by Gasteiger charge is 2.15. The molecule has 0 unspecified atom stereocenters. The topological polar surface area (TPSA) is 67.4 Å². The van der Waals surface area contributed by atoms with Gasteiger partial charge >= 0.3 is 0 Å². The molecule has 0 spiro atoms. The standard InChI is InChI=1S/C19H20N2O3/c1-12-4-3-5-13(2)19(12)21-18(23)11-24-15-7-8-16-14(10-15)6-9-17(22)20-16/h3-5,7-8,10H,6,9,11H2,1-2H3,(H,20,22)(H,21,23). The lowest BCUT2D eigenvalue weighted by Crippen LogP contribution is -2.22. The Balaban J connectivity index is 1.62. The summed E-state index contributed by atoms with van der Waals surface area (Å²) in [5, 5.41) is 5.72. The highest BCUT2D eigenvalue weighted by atomic mass is 16.5. The monoisotopic (exact) mass is 324 g/mol. The van der Waals surface area contributed by atoms with Crippen molar-refractivity contribution in [2.75, 3.05) is 17.2 Å². The average Bonchev–Trinajstić information content (AvgIpc) is 2.56. The number of carbonyl (C=O) groups is 2. The van der Waals surface area contributed by atoms with Gasteiger partial charge < -0.3 is 15.4 Å². The summed E-state index contributed by atoms with van der Waals surface area (Å²) in [5.74, 6) is 0.462. The molecule has 0 bridgehead atoms. The van der Waals surface area contributed by atoms with E-state index >= 15 is 0 Å². The van der Waals surface area contributed by atoms with Gasteiger partial charge in [0.2, 0.25) is 5.91 Å². The molecule has 3 rings (SSSR count). The van der Waals surface area contributed by atoms with Gasteiger partial charge in [0.1, 0.15) is 5.75 Å². The Labute approximate surface area is 141 Å². The molecule has 1 heterocycles. The molecule has 0 aliphatic carbocycles. The van der Waals surface area contributed by atoms with Crippen LogP contribution in [0.15, 0.2) is 36.4 Å². The van der Waals surface area contributed by atoms with Crippen molar-refractivity contribution in [3.63, 3.8) is 0 Å². The van der Waals surface area contributed by atoms with Crippen LogP contribution in [-0.4, -0.2) is 18.4 Å². The zero-order chi connectivity index (χ0) is 17.1. The van der Waals surface area contributed by atoms with Crippen LogP contribution in [-0.2, 0) is 16.0 Å². The van der Waals surface area contributed by atoms with Crippen LogP contribution in [0, 0.1) is 13.8 Å². The summed E-state index contributed by atoms with van der Waals surface area (Å²) in [6.45, 7) is 3.86. The van der Waals surface area contributed by atoms with Gasteiger partial charge in [-0.15, -0.1) is 0 Å². The first-order valence-corrected chi connectivity index (χ1v) is 7.94. The molecule has 5 nitrogen and oxygen atoms in total.